The van der Waals surface area contributed by atoms with Crippen molar-refractivity contribution in [2.75, 3.05) is 0 Å². The van der Waals surface area contributed by atoms with Crippen LogP contribution in [0.15, 0.2) is 0 Å². The number of rotatable bonds is 3. The van der Waals surface area contributed by atoms with Crippen molar-refractivity contribution in [3.63, 3.8) is 0 Å². The third-order valence-corrected chi connectivity index (χ3v) is 5.89. The van der Waals surface area contributed by atoms with E-state index in [9.17, 15) is 0 Å². The number of unbranched alkanes of at least 4 members (excludes halogenated alkanes) is 1. The summed E-state index contributed by atoms with van der Waals surface area (Å²) in [5, 5.41) is 0. The second-order valence-electron chi connectivity index (χ2n) is 2.31. The van der Waals surface area contributed by atoms with Gasteiger partial charge in [-0.05, 0) is 0 Å². The van der Waals surface area contributed by atoms with Gasteiger partial charge in [-0.15, -0.1) is 0 Å². The fourth-order valence-electron chi connectivity index (χ4n) is 0.530. The van der Waals surface area contributed by atoms with Crippen LogP contribution in [0.4, 0.5) is 0 Å². The maximum absolute atomic E-state index is 2.49. The van der Waals surface area contributed by atoms with Crippen molar-refractivity contribution in [1.82, 2.24) is 0 Å². The molecule has 0 aliphatic carbocycles. The molecule has 7 heavy (non-hydrogen) atoms. The number of hydrogen-bond acceptors (Lipinski definition) is 0. The van der Waals surface area contributed by atoms with Crippen LogP contribution in [0, 0.1) is 0 Å². The molecule has 0 heterocycles. The maximum atomic E-state index is 2.49. The first-order chi connectivity index (χ1) is 3.27. The van der Waals surface area contributed by atoms with E-state index < -0.39 is 21.4 Å². The van der Waals surface area contributed by atoms with Gasteiger partial charge in [-0.2, -0.15) is 0 Å². The molecule has 0 aromatic rings. The van der Waals surface area contributed by atoms with E-state index in [1.165, 1.54) is 12.8 Å². The first-order valence-electron chi connectivity index (χ1n) is 3.06. The van der Waals surface area contributed by atoms with Crippen molar-refractivity contribution in [3.8, 4) is 0 Å². The van der Waals surface area contributed by atoms with Crippen LogP contribution in [0.5, 0.6) is 0 Å². The standard InChI is InChI=1S/C4H9.2CH3.Hf/c1-3-4-2;;;/h1,3-4H2,2H3;2*1H3;/q;;;+1. The molecule has 0 atom stereocenters. The van der Waals surface area contributed by atoms with E-state index >= 15 is 0 Å². The zero-order valence-electron chi connectivity index (χ0n) is 5.62. The molecule has 0 unspecified atom stereocenters. The summed E-state index contributed by atoms with van der Waals surface area (Å²) in [6, 6.07) is 0. The van der Waals surface area contributed by atoms with Crippen LogP contribution in [-0.2, 0) is 21.4 Å². The summed E-state index contributed by atoms with van der Waals surface area (Å²) in [5.41, 5.74) is 0. The van der Waals surface area contributed by atoms with E-state index in [2.05, 4.69) is 16.3 Å². The Morgan fingerprint density at radius 2 is 1.86 bits per heavy atom. The van der Waals surface area contributed by atoms with E-state index in [1.807, 2.05) is 0 Å². The topological polar surface area (TPSA) is 0 Å². The van der Waals surface area contributed by atoms with Gasteiger partial charge in [0.05, 0.1) is 0 Å². The SMILES string of the molecule is CCC[CH2][Hf+]([CH3])[CH3]. The van der Waals surface area contributed by atoms with Crippen molar-refractivity contribution in [3.05, 3.63) is 0 Å². The van der Waals surface area contributed by atoms with Gasteiger partial charge in [0.2, 0.25) is 0 Å². The summed E-state index contributed by atoms with van der Waals surface area (Å²) in [6.45, 7) is 2.27. The van der Waals surface area contributed by atoms with Gasteiger partial charge in [0.25, 0.3) is 0 Å². The predicted molar refractivity (Wildman–Crippen MR) is 31.4 cm³/mol. The molecule has 0 aromatic carbocycles. The fourth-order valence-corrected chi connectivity index (χ4v) is 4.34. The van der Waals surface area contributed by atoms with Gasteiger partial charge in [0, 0.05) is 0 Å². The monoisotopic (exact) mass is 267 g/mol. The summed E-state index contributed by atoms with van der Waals surface area (Å²) in [7, 11) is 0. The Bertz CT molecular complexity index is 33.2. The van der Waals surface area contributed by atoms with Crippen LogP contribution in [-0.4, -0.2) is 0 Å². The second kappa shape index (κ2) is 5.02. The van der Waals surface area contributed by atoms with Crippen molar-refractivity contribution in [2.45, 2.75) is 33.3 Å². The third kappa shape index (κ3) is 6.87. The van der Waals surface area contributed by atoms with Crippen molar-refractivity contribution < 1.29 is 21.4 Å². The third-order valence-electron chi connectivity index (χ3n) is 1.03. The van der Waals surface area contributed by atoms with Gasteiger partial charge in [-0.1, -0.05) is 0 Å². The average Bonchev–Trinajstić information content (AvgIpc) is 1.61. The van der Waals surface area contributed by atoms with Crippen molar-refractivity contribution in [2.24, 2.45) is 0 Å². The van der Waals surface area contributed by atoms with Crippen molar-refractivity contribution in [1.29, 1.82) is 0 Å². The molecule has 0 nitrogen and oxygen atoms in total. The number of hydrogen-bond donors (Lipinski definition) is 0. The molecule has 0 fully saturated rings. The zero-order valence-corrected chi connectivity index (χ0v) is 9.21. The van der Waals surface area contributed by atoms with Gasteiger partial charge in [0.1, 0.15) is 0 Å². The normalized spacial score (nSPS) is 9.00. The molecular formula is C6H15Hf+. The minimum absolute atomic E-state index is 0.770. The summed E-state index contributed by atoms with van der Waals surface area (Å²) < 4.78 is 6.59. The van der Waals surface area contributed by atoms with E-state index in [-0.39, 0.29) is 0 Å². The second-order valence-corrected chi connectivity index (χ2v) is 12.8. The van der Waals surface area contributed by atoms with Gasteiger partial charge in [-0.25, -0.2) is 0 Å². The van der Waals surface area contributed by atoms with E-state index in [4.69, 9.17) is 0 Å². The summed E-state index contributed by atoms with van der Waals surface area (Å²) in [5.74, 6) is 0. The average molecular weight is 266 g/mol. The van der Waals surface area contributed by atoms with Crippen LogP contribution < -0.4 is 0 Å². The Morgan fingerprint density at radius 1 is 1.29 bits per heavy atom. The molecule has 0 spiro atoms. The molecule has 0 aliphatic heterocycles. The Morgan fingerprint density at radius 3 is 2.00 bits per heavy atom. The molecule has 0 bridgehead atoms. The predicted octanol–water partition coefficient (Wildman–Crippen LogP) is 2.92. The van der Waals surface area contributed by atoms with Crippen LogP contribution >= 0.6 is 0 Å². The molecule has 42 valence electrons. The summed E-state index contributed by atoms with van der Waals surface area (Å²) in [6.07, 6.45) is 2.89. The van der Waals surface area contributed by atoms with Crippen LogP contribution in [0.2, 0.25) is 13.5 Å². The van der Waals surface area contributed by atoms with E-state index in [0.29, 0.717) is 0 Å². The van der Waals surface area contributed by atoms with Crippen molar-refractivity contribution >= 4 is 0 Å². The first-order valence-corrected chi connectivity index (χ1v) is 12.8. The molecule has 1 heteroatoms. The van der Waals surface area contributed by atoms with Crippen LogP contribution in [0.25, 0.3) is 0 Å². The Labute approximate surface area is 54.8 Å². The molecule has 0 aliphatic rings. The first kappa shape index (κ1) is 7.87. The molecule has 0 saturated heterocycles. The quantitative estimate of drug-likeness (QED) is 0.689. The molecule has 0 rings (SSSR count). The fraction of sp³-hybridized carbons (Fsp3) is 1.00. The molecular weight excluding hydrogens is 251 g/mol. The Kier molecular flexibility index (Phi) is 5.64. The van der Waals surface area contributed by atoms with Gasteiger partial charge in [0.15, 0.2) is 0 Å². The minimum atomic E-state index is -0.770. The molecule has 0 aromatic heterocycles. The summed E-state index contributed by atoms with van der Waals surface area (Å²) in [4.78, 5) is 0. The Balaban J connectivity index is 2.68. The molecule has 0 amide bonds. The Hall–Kier alpha value is 0.870. The zero-order chi connectivity index (χ0) is 5.70. The molecule has 0 N–H and O–H groups in total. The van der Waals surface area contributed by atoms with E-state index in [1.54, 1.807) is 4.18 Å². The van der Waals surface area contributed by atoms with Crippen LogP contribution in [0.1, 0.15) is 19.8 Å². The van der Waals surface area contributed by atoms with Gasteiger partial charge < -0.3 is 0 Å². The molecule has 0 radical (unpaired) electrons. The van der Waals surface area contributed by atoms with Gasteiger partial charge in [-0.3, -0.25) is 0 Å². The summed E-state index contributed by atoms with van der Waals surface area (Å²) >= 11 is -0.770. The molecule has 0 saturated carbocycles. The van der Waals surface area contributed by atoms with Gasteiger partial charge >= 0.3 is 54.7 Å². The van der Waals surface area contributed by atoms with E-state index in [0.717, 1.165) is 0 Å². The van der Waals surface area contributed by atoms with Crippen LogP contribution in [0.3, 0.4) is 0 Å².